The Morgan fingerprint density at radius 2 is 2.14 bits per heavy atom. The molecule has 0 atom stereocenters. The van der Waals surface area contributed by atoms with Gasteiger partial charge in [0, 0.05) is 12.0 Å². The van der Waals surface area contributed by atoms with Crippen molar-refractivity contribution in [1.82, 2.24) is 0 Å². The molecule has 1 aliphatic heterocycles. The first kappa shape index (κ1) is 9.32. The zero-order chi connectivity index (χ0) is 10.3. The lowest BCUT2D eigenvalue weighted by Gasteiger charge is -2.17. The summed E-state index contributed by atoms with van der Waals surface area (Å²) in [6.45, 7) is 10.2. The van der Waals surface area contributed by atoms with Gasteiger partial charge in [-0.15, -0.1) is 0 Å². The molecule has 0 saturated carbocycles. The van der Waals surface area contributed by atoms with E-state index in [-0.39, 0.29) is 5.60 Å². The molecule has 0 bridgehead atoms. The van der Waals surface area contributed by atoms with Crippen LogP contribution in [0.4, 0.5) is 0 Å². The van der Waals surface area contributed by atoms with Gasteiger partial charge in [0.15, 0.2) is 0 Å². The number of hydrogen-bond acceptors (Lipinski definition) is 1. The maximum Gasteiger partial charge on any atom is 0.130 e. The molecule has 0 fully saturated rings. The zero-order valence-corrected chi connectivity index (χ0v) is 9.05. The maximum absolute atomic E-state index is 5.90. The van der Waals surface area contributed by atoms with E-state index in [1.54, 1.807) is 0 Å². The first-order valence-corrected chi connectivity index (χ1v) is 4.97. The minimum Gasteiger partial charge on any atom is -0.487 e. The van der Waals surface area contributed by atoms with E-state index < -0.39 is 0 Å². The highest BCUT2D eigenvalue weighted by Gasteiger charge is 2.31. The third-order valence-corrected chi connectivity index (χ3v) is 2.55. The fourth-order valence-corrected chi connectivity index (χ4v) is 2.06. The molecule has 0 unspecified atom stereocenters. The molecular formula is C13H16O. The zero-order valence-electron chi connectivity index (χ0n) is 9.05. The fraction of sp³-hybridized carbons (Fsp3) is 0.385. The van der Waals surface area contributed by atoms with Crippen LogP contribution in [0.25, 0.3) is 6.08 Å². The maximum atomic E-state index is 5.90. The van der Waals surface area contributed by atoms with Crippen LogP contribution in [-0.2, 0) is 6.42 Å². The van der Waals surface area contributed by atoms with Crippen molar-refractivity contribution in [3.8, 4) is 5.75 Å². The summed E-state index contributed by atoms with van der Waals surface area (Å²) in [7, 11) is 0. The highest BCUT2D eigenvalue weighted by Crippen LogP contribution is 2.38. The summed E-state index contributed by atoms with van der Waals surface area (Å²) < 4.78 is 5.90. The molecule has 0 amide bonds. The van der Waals surface area contributed by atoms with Gasteiger partial charge in [-0.05, 0) is 38.0 Å². The van der Waals surface area contributed by atoms with Crippen LogP contribution in [0, 0.1) is 6.92 Å². The topological polar surface area (TPSA) is 9.23 Å². The Kier molecular flexibility index (Phi) is 1.91. The van der Waals surface area contributed by atoms with E-state index in [4.69, 9.17) is 4.74 Å². The van der Waals surface area contributed by atoms with E-state index in [1.165, 1.54) is 11.1 Å². The Labute approximate surface area is 85.4 Å². The first-order valence-electron chi connectivity index (χ1n) is 4.97. The summed E-state index contributed by atoms with van der Waals surface area (Å²) in [5, 5.41) is 0. The van der Waals surface area contributed by atoms with Gasteiger partial charge in [0.1, 0.15) is 11.4 Å². The average molecular weight is 188 g/mol. The van der Waals surface area contributed by atoms with Gasteiger partial charge in [0.2, 0.25) is 0 Å². The molecule has 1 nitrogen and oxygen atoms in total. The highest BCUT2D eigenvalue weighted by atomic mass is 16.5. The molecule has 0 aliphatic carbocycles. The lowest BCUT2D eigenvalue weighted by molar-refractivity contribution is 0.138. The van der Waals surface area contributed by atoms with Crippen LogP contribution in [0.2, 0.25) is 0 Å². The van der Waals surface area contributed by atoms with Crippen LogP contribution in [0.3, 0.4) is 0 Å². The highest BCUT2D eigenvalue weighted by molar-refractivity contribution is 5.61. The van der Waals surface area contributed by atoms with Gasteiger partial charge in [-0.2, -0.15) is 0 Å². The molecular weight excluding hydrogens is 172 g/mol. The largest absolute Gasteiger partial charge is 0.487 e. The first-order chi connectivity index (χ1) is 6.52. The van der Waals surface area contributed by atoms with Crippen LogP contribution in [-0.4, -0.2) is 5.60 Å². The fourth-order valence-electron chi connectivity index (χ4n) is 2.06. The smallest absolute Gasteiger partial charge is 0.130 e. The van der Waals surface area contributed by atoms with Crippen molar-refractivity contribution in [1.29, 1.82) is 0 Å². The van der Waals surface area contributed by atoms with Crippen molar-refractivity contribution in [2.45, 2.75) is 32.8 Å². The second-order valence-electron chi connectivity index (χ2n) is 4.59. The van der Waals surface area contributed by atoms with E-state index in [2.05, 4.69) is 39.5 Å². The van der Waals surface area contributed by atoms with Crippen molar-refractivity contribution in [2.75, 3.05) is 0 Å². The summed E-state index contributed by atoms with van der Waals surface area (Å²) in [6, 6.07) is 4.32. The quantitative estimate of drug-likeness (QED) is 0.656. The number of rotatable bonds is 1. The summed E-state index contributed by atoms with van der Waals surface area (Å²) in [5.74, 6) is 1.02. The van der Waals surface area contributed by atoms with Gasteiger partial charge >= 0.3 is 0 Å². The van der Waals surface area contributed by atoms with Gasteiger partial charge in [-0.3, -0.25) is 0 Å². The molecule has 0 N–H and O–H groups in total. The van der Waals surface area contributed by atoms with Crippen molar-refractivity contribution in [2.24, 2.45) is 0 Å². The summed E-state index contributed by atoms with van der Waals surface area (Å²) in [4.78, 5) is 0. The summed E-state index contributed by atoms with van der Waals surface area (Å²) in [6.07, 6.45) is 2.86. The molecule has 2 rings (SSSR count). The lowest BCUT2D eigenvalue weighted by Crippen LogP contribution is -2.24. The van der Waals surface area contributed by atoms with Crippen LogP contribution >= 0.6 is 0 Å². The average Bonchev–Trinajstić information content (AvgIpc) is 2.37. The molecule has 0 saturated heterocycles. The van der Waals surface area contributed by atoms with Gasteiger partial charge in [-0.1, -0.05) is 18.7 Å². The molecule has 0 radical (unpaired) electrons. The lowest BCUT2D eigenvalue weighted by atomic mass is 9.98. The number of benzene rings is 1. The molecule has 1 aliphatic rings. The van der Waals surface area contributed by atoms with Crippen molar-refractivity contribution in [3.63, 3.8) is 0 Å². The number of aryl methyl sites for hydroxylation is 1. The van der Waals surface area contributed by atoms with E-state index in [0.717, 1.165) is 17.7 Å². The van der Waals surface area contributed by atoms with Crippen molar-refractivity contribution < 1.29 is 4.74 Å². The molecule has 1 aromatic rings. The van der Waals surface area contributed by atoms with E-state index in [1.807, 2.05) is 6.08 Å². The molecule has 1 aromatic carbocycles. The molecule has 1 heterocycles. The van der Waals surface area contributed by atoms with Crippen LogP contribution < -0.4 is 4.74 Å². The van der Waals surface area contributed by atoms with Gasteiger partial charge in [0.25, 0.3) is 0 Å². The number of hydrogen-bond donors (Lipinski definition) is 0. The SMILES string of the molecule is C=Cc1cc(C)cc2c1OC(C)(C)C2. The minimum absolute atomic E-state index is 0.0616. The van der Waals surface area contributed by atoms with E-state index >= 15 is 0 Å². The summed E-state index contributed by atoms with van der Waals surface area (Å²) in [5.41, 5.74) is 3.64. The Balaban J connectivity index is 2.56. The van der Waals surface area contributed by atoms with E-state index in [0.29, 0.717) is 0 Å². The molecule has 1 heteroatoms. The molecule has 0 spiro atoms. The van der Waals surface area contributed by atoms with Crippen LogP contribution in [0.1, 0.15) is 30.5 Å². The normalized spacial score (nSPS) is 17.4. The van der Waals surface area contributed by atoms with Gasteiger partial charge in [-0.25, -0.2) is 0 Å². The van der Waals surface area contributed by atoms with Crippen LogP contribution in [0.5, 0.6) is 5.75 Å². The van der Waals surface area contributed by atoms with Crippen LogP contribution in [0.15, 0.2) is 18.7 Å². The standard InChI is InChI=1S/C13H16O/c1-5-10-6-9(2)7-11-8-13(3,4)14-12(10)11/h5-7H,1,8H2,2-4H3. The monoisotopic (exact) mass is 188 g/mol. The Morgan fingerprint density at radius 1 is 1.43 bits per heavy atom. The third-order valence-electron chi connectivity index (χ3n) is 2.55. The second-order valence-corrected chi connectivity index (χ2v) is 4.59. The van der Waals surface area contributed by atoms with Gasteiger partial charge < -0.3 is 4.74 Å². The molecule has 0 aromatic heterocycles. The van der Waals surface area contributed by atoms with E-state index in [9.17, 15) is 0 Å². The minimum atomic E-state index is -0.0616. The Morgan fingerprint density at radius 3 is 2.79 bits per heavy atom. The molecule has 74 valence electrons. The predicted octanol–water partition coefficient (Wildman–Crippen LogP) is 3.35. The number of ether oxygens (including phenoxy) is 1. The molecule has 14 heavy (non-hydrogen) atoms. The second kappa shape index (κ2) is 2.88. The Hall–Kier alpha value is -1.24. The summed E-state index contributed by atoms with van der Waals surface area (Å²) >= 11 is 0. The predicted molar refractivity (Wildman–Crippen MR) is 59.7 cm³/mol. The number of fused-ring (bicyclic) bond motifs is 1. The van der Waals surface area contributed by atoms with Crippen molar-refractivity contribution in [3.05, 3.63) is 35.4 Å². The van der Waals surface area contributed by atoms with Crippen molar-refractivity contribution >= 4 is 6.08 Å². The van der Waals surface area contributed by atoms with Gasteiger partial charge in [0.05, 0.1) is 0 Å². The third kappa shape index (κ3) is 1.43. The Bertz CT molecular complexity index is 388.